The minimum Gasteiger partial charge on any atom is -0.497 e. The van der Waals surface area contributed by atoms with E-state index in [1.54, 1.807) is 7.11 Å². The average molecular weight is 577 g/mol. The lowest BCUT2D eigenvalue weighted by molar-refractivity contribution is -0.135. The van der Waals surface area contributed by atoms with Crippen LogP contribution in [0.4, 0.5) is 10.1 Å². The van der Waals surface area contributed by atoms with Crippen molar-refractivity contribution in [3.63, 3.8) is 0 Å². The van der Waals surface area contributed by atoms with Crippen LogP contribution < -0.4 is 9.64 Å². The summed E-state index contributed by atoms with van der Waals surface area (Å²) < 4.78 is 19.2. The zero-order valence-corrected chi connectivity index (χ0v) is 23.0. The molecule has 3 heterocycles. The van der Waals surface area contributed by atoms with Gasteiger partial charge in [0.1, 0.15) is 18.1 Å². The van der Waals surface area contributed by atoms with Gasteiger partial charge in [-0.25, -0.2) is 14.3 Å². The molecule has 214 valence electrons. The Balaban J connectivity index is 1.19. The fourth-order valence-electron chi connectivity index (χ4n) is 5.90. The fourth-order valence-corrected chi connectivity index (χ4v) is 5.90. The lowest BCUT2D eigenvalue weighted by atomic mass is 9.95. The van der Waals surface area contributed by atoms with Crippen LogP contribution in [0.3, 0.4) is 0 Å². The molecular formula is C32H25FN6O4. The molecule has 0 aliphatic carbocycles. The highest BCUT2D eigenvalue weighted by atomic mass is 19.1. The summed E-state index contributed by atoms with van der Waals surface area (Å²) in [6.07, 6.45) is 0.463. The zero-order valence-electron chi connectivity index (χ0n) is 23.0. The number of fused-ring (bicyclic) bond motifs is 2. The van der Waals surface area contributed by atoms with E-state index in [9.17, 15) is 18.8 Å². The summed E-state index contributed by atoms with van der Waals surface area (Å²) in [5.41, 5.74) is 2.64. The highest BCUT2D eigenvalue weighted by molar-refractivity contribution is 6.25. The quantitative estimate of drug-likeness (QED) is 0.311. The third-order valence-corrected chi connectivity index (χ3v) is 7.99. The molecule has 4 aromatic carbocycles. The van der Waals surface area contributed by atoms with Crippen LogP contribution in [0.1, 0.15) is 23.6 Å². The summed E-state index contributed by atoms with van der Waals surface area (Å²) in [7, 11) is 1.59. The molecule has 43 heavy (non-hydrogen) atoms. The summed E-state index contributed by atoms with van der Waals surface area (Å²) in [4.78, 5) is 41.3. The number of halogens is 1. The normalized spacial score (nSPS) is 21.1. The molecule has 0 N–H and O–H groups in total. The van der Waals surface area contributed by atoms with Gasteiger partial charge in [-0.2, -0.15) is 10.2 Å². The van der Waals surface area contributed by atoms with Crippen LogP contribution in [0, 0.1) is 5.82 Å². The standard InChI is InChI=1S/C32H25FN6O4/c1-43-23-14-12-20(13-15-23)27-17-26(25-11-4-7-19-6-2-3-10-24(19)25)35-39(27)28(40)18-37-30-29(34-36-37)31(41)38(32(30)42)22-9-5-8-21(33)16-22/h2-16,27,29-30H,17-18H2,1H3/t27-,29-,30+/m0/s1. The van der Waals surface area contributed by atoms with Gasteiger partial charge in [-0.3, -0.25) is 19.4 Å². The Hall–Kier alpha value is -5.45. The maximum absolute atomic E-state index is 13.9. The van der Waals surface area contributed by atoms with Crippen LogP contribution in [0.2, 0.25) is 0 Å². The third kappa shape index (κ3) is 4.49. The van der Waals surface area contributed by atoms with Crippen molar-refractivity contribution in [2.75, 3.05) is 18.6 Å². The number of ether oxygens (including phenoxy) is 1. The van der Waals surface area contributed by atoms with Gasteiger partial charge in [0, 0.05) is 12.0 Å². The van der Waals surface area contributed by atoms with Gasteiger partial charge in [0.25, 0.3) is 17.7 Å². The fraction of sp³-hybridized carbons (Fsp3) is 0.188. The van der Waals surface area contributed by atoms with Gasteiger partial charge in [0.2, 0.25) is 0 Å². The Bertz CT molecular complexity index is 1840. The zero-order chi connectivity index (χ0) is 29.7. The summed E-state index contributed by atoms with van der Waals surface area (Å²) in [6, 6.07) is 24.0. The third-order valence-electron chi connectivity index (χ3n) is 7.99. The second-order valence-electron chi connectivity index (χ2n) is 10.5. The highest BCUT2D eigenvalue weighted by Crippen LogP contribution is 2.37. The SMILES string of the molecule is COc1ccc([C@@H]2CC(c3cccc4ccccc34)=NN2C(=O)CN2N=N[C@@H]3C(=O)N(c4cccc(F)c4)C(=O)[C@@H]32)cc1. The first-order valence-corrected chi connectivity index (χ1v) is 13.8. The number of methoxy groups -OCH3 is 1. The molecule has 7 rings (SSSR count). The van der Waals surface area contributed by atoms with Crippen LogP contribution in [-0.2, 0) is 14.4 Å². The molecular weight excluding hydrogens is 551 g/mol. The monoisotopic (exact) mass is 576 g/mol. The second-order valence-corrected chi connectivity index (χ2v) is 10.5. The maximum atomic E-state index is 13.9. The molecule has 0 unspecified atom stereocenters. The topological polar surface area (TPSA) is 107 Å². The summed E-state index contributed by atoms with van der Waals surface area (Å²) in [6.45, 7) is -0.334. The van der Waals surface area contributed by atoms with Crippen molar-refractivity contribution in [1.82, 2.24) is 10.0 Å². The first kappa shape index (κ1) is 26.4. The van der Waals surface area contributed by atoms with E-state index in [0.717, 1.165) is 38.6 Å². The first-order chi connectivity index (χ1) is 20.9. The molecule has 0 aromatic heterocycles. The molecule has 3 aliphatic heterocycles. The molecule has 0 radical (unpaired) electrons. The van der Waals surface area contributed by atoms with Gasteiger partial charge in [0.15, 0.2) is 12.1 Å². The van der Waals surface area contributed by atoms with E-state index >= 15 is 0 Å². The maximum Gasteiger partial charge on any atom is 0.264 e. The van der Waals surface area contributed by atoms with E-state index in [1.165, 1.54) is 28.2 Å². The molecule has 0 spiro atoms. The molecule has 11 heteroatoms. The Morgan fingerprint density at radius 3 is 2.51 bits per heavy atom. The number of benzene rings is 4. The van der Waals surface area contributed by atoms with E-state index in [2.05, 4.69) is 10.3 Å². The van der Waals surface area contributed by atoms with Crippen LogP contribution in [0.15, 0.2) is 106 Å². The van der Waals surface area contributed by atoms with Gasteiger partial charge < -0.3 is 4.74 Å². The van der Waals surface area contributed by atoms with Crippen molar-refractivity contribution >= 4 is 39.9 Å². The number of rotatable bonds is 6. The van der Waals surface area contributed by atoms with E-state index in [0.29, 0.717) is 12.2 Å². The number of amides is 3. The molecule has 1 saturated heterocycles. The molecule has 4 aromatic rings. The molecule has 0 bridgehead atoms. The first-order valence-electron chi connectivity index (χ1n) is 13.8. The largest absolute Gasteiger partial charge is 0.497 e. The van der Waals surface area contributed by atoms with E-state index in [4.69, 9.17) is 9.84 Å². The van der Waals surface area contributed by atoms with Gasteiger partial charge in [0.05, 0.1) is 24.6 Å². The Labute approximate surface area is 245 Å². The van der Waals surface area contributed by atoms with Gasteiger partial charge >= 0.3 is 0 Å². The highest BCUT2D eigenvalue weighted by Gasteiger charge is 2.55. The van der Waals surface area contributed by atoms with E-state index in [-0.39, 0.29) is 12.2 Å². The minimum absolute atomic E-state index is 0.106. The van der Waals surface area contributed by atoms with Gasteiger partial charge in [-0.15, -0.1) is 0 Å². The van der Waals surface area contributed by atoms with Crippen LogP contribution in [-0.4, -0.2) is 59.2 Å². The molecule has 0 saturated carbocycles. The predicted molar refractivity (Wildman–Crippen MR) is 156 cm³/mol. The Kier molecular flexibility index (Phi) is 6.42. The molecule has 3 atom stereocenters. The number of hydrogen-bond donors (Lipinski definition) is 0. The molecule has 10 nitrogen and oxygen atoms in total. The summed E-state index contributed by atoms with van der Waals surface area (Å²) in [5, 5.41) is 17.6. The lowest BCUT2D eigenvalue weighted by Gasteiger charge is -2.25. The van der Waals surface area contributed by atoms with Crippen molar-refractivity contribution in [1.29, 1.82) is 0 Å². The number of hydrogen-bond acceptors (Lipinski definition) is 8. The molecule has 3 amide bonds. The number of nitrogens with zero attached hydrogens (tertiary/aromatic N) is 6. The van der Waals surface area contributed by atoms with E-state index in [1.807, 2.05) is 66.7 Å². The van der Waals surface area contributed by atoms with Gasteiger partial charge in [-0.05, 0) is 46.7 Å². The Morgan fingerprint density at radius 1 is 0.953 bits per heavy atom. The van der Waals surface area contributed by atoms with Crippen LogP contribution in [0.5, 0.6) is 5.75 Å². The van der Waals surface area contributed by atoms with Crippen LogP contribution in [0.25, 0.3) is 10.8 Å². The summed E-state index contributed by atoms with van der Waals surface area (Å²) in [5.74, 6) is -1.55. The summed E-state index contributed by atoms with van der Waals surface area (Å²) >= 11 is 0. The van der Waals surface area contributed by atoms with E-state index < -0.39 is 41.7 Å². The van der Waals surface area contributed by atoms with Crippen molar-refractivity contribution in [2.24, 2.45) is 15.4 Å². The van der Waals surface area contributed by atoms with Gasteiger partial charge in [-0.1, -0.05) is 65.9 Å². The van der Waals surface area contributed by atoms with Crippen LogP contribution >= 0.6 is 0 Å². The average Bonchev–Trinajstić information content (AvgIpc) is 3.72. The number of carbonyl (C=O) groups is 3. The second kappa shape index (κ2) is 10.4. The molecule has 3 aliphatic rings. The Morgan fingerprint density at radius 2 is 1.72 bits per heavy atom. The van der Waals surface area contributed by atoms with Crippen molar-refractivity contribution < 1.29 is 23.5 Å². The number of carbonyl (C=O) groups excluding carboxylic acids is 3. The predicted octanol–water partition coefficient (Wildman–Crippen LogP) is 4.66. The van der Waals surface area contributed by atoms with Crippen molar-refractivity contribution in [3.05, 3.63) is 108 Å². The van der Waals surface area contributed by atoms with Crippen molar-refractivity contribution in [2.45, 2.75) is 24.5 Å². The smallest absolute Gasteiger partial charge is 0.264 e. The van der Waals surface area contributed by atoms with Crippen molar-refractivity contribution in [3.8, 4) is 5.75 Å². The minimum atomic E-state index is -1.12. The lowest BCUT2D eigenvalue weighted by Crippen LogP contribution is -2.44. The number of anilines is 1. The number of hydrazone groups is 1. The number of imide groups is 1. The molecule has 1 fully saturated rings.